The van der Waals surface area contributed by atoms with Gasteiger partial charge in [0.05, 0.1) is 18.3 Å². The maximum Gasteiger partial charge on any atom is 0.330 e. The van der Waals surface area contributed by atoms with Crippen molar-refractivity contribution >= 4 is 23.0 Å². The van der Waals surface area contributed by atoms with Crippen LogP contribution in [0.2, 0.25) is 0 Å². The minimum absolute atomic E-state index is 0.0642. The Morgan fingerprint density at radius 2 is 2.04 bits per heavy atom. The number of nitrogens with one attached hydrogen (secondary N) is 1. The molecule has 4 nitrogen and oxygen atoms in total. The first-order valence-corrected chi connectivity index (χ1v) is 7.73. The van der Waals surface area contributed by atoms with E-state index in [4.69, 9.17) is 0 Å². The van der Waals surface area contributed by atoms with Crippen molar-refractivity contribution in [3.05, 3.63) is 47.6 Å². The molecule has 1 aliphatic heterocycles. The Morgan fingerprint density at radius 1 is 1.30 bits per heavy atom. The third kappa shape index (κ3) is 4.09. The lowest BCUT2D eigenvalue weighted by Crippen LogP contribution is -2.32. The predicted octanol–water partition coefficient (Wildman–Crippen LogP) is 3.99. The number of esters is 1. The van der Waals surface area contributed by atoms with E-state index in [1.807, 2.05) is 18.2 Å². The van der Waals surface area contributed by atoms with Crippen LogP contribution in [0, 0.1) is 0 Å². The molecule has 1 aliphatic rings. The van der Waals surface area contributed by atoms with Crippen molar-refractivity contribution < 1.29 is 14.3 Å². The van der Waals surface area contributed by atoms with Crippen molar-refractivity contribution in [3.8, 4) is 0 Å². The van der Waals surface area contributed by atoms with Crippen LogP contribution in [0.1, 0.15) is 49.5 Å². The van der Waals surface area contributed by atoms with Gasteiger partial charge < -0.3 is 10.1 Å². The molecule has 4 heteroatoms. The molecule has 0 saturated heterocycles. The normalized spacial score (nSPS) is 15.6. The zero-order chi connectivity index (χ0) is 17.0. The summed E-state index contributed by atoms with van der Waals surface area (Å²) < 4.78 is 4.52. The van der Waals surface area contributed by atoms with E-state index in [9.17, 15) is 9.59 Å². The monoisotopic (exact) mass is 313 g/mol. The summed E-state index contributed by atoms with van der Waals surface area (Å²) in [5.41, 5.74) is 3.66. The van der Waals surface area contributed by atoms with Gasteiger partial charge in [0.1, 0.15) is 0 Å². The molecule has 2 rings (SSSR count). The van der Waals surface area contributed by atoms with E-state index in [1.165, 1.54) is 18.8 Å². The lowest BCUT2D eigenvalue weighted by molar-refractivity contribution is -0.134. The molecule has 1 aromatic rings. The Labute approximate surface area is 137 Å². The van der Waals surface area contributed by atoms with E-state index in [1.54, 1.807) is 6.08 Å². The number of anilines is 1. The lowest BCUT2D eigenvalue weighted by atomic mass is 9.88. The van der Waals surface area contributed by atoms with Crippen LogP contribution in [0.15, 0.2) is 36.4 Å². The molecule has 0 radical (unpaired) electrons. The van der Waals surface area contributed by atoms with Crippen molar-refractivity contribution in [3.63, 3.8) is 0 Å². The second kappa shape index (κ2) is 6.82. The second-order valence-corrected chi connectivity index (χ2v) is 6.29. The molecule has 1 N–H and O–H groups in total. The van der Waals surface area contributed by atoms with Crippen LogP contribution < -0.4 is 5.32 Å². The van der Waals surface area contributed by atoms with Gasteiger partial charge in [0.2, 0.25) is 0 Å². The van der Waals surface area contributed by atoms with Crippen LogP contribution in [0.25, 0.3) is 5.57 Å². The van der Waals surface area contributed by atoms with Gasteiger partial charge in [0.15, 0.2) is 5.78 Å². The van der Waals surface area contributed by atoms with Crippen LogP contribution in [-0.4, -0.2) is 24.4 Å². The molecule has 122 valence electrons. The first-order chi connectivity index (χ1) is 10.8. The van der Waals surface area contributed by atoms with E-state index in [2.05, 4.69) is 36.9 Å². The number of Topliss-reactive ketones (excluding diaryl/α,β-unsaturated/α-hetero) is 1. The van der Waals surface area contributed by atoms with Crippen molar-refractivity contribution in [2.75, 3.05) is 12.4 Å². The van der Waals surface area contributed by atoms with Crippen LogP contribution >= 0.6 is 0 Å². The number of benzene rings is 1. The summed E-state index contributed by atoms with van der Waals surface area (Å²) in [4.78, 5) is 23.6. The molecule has 0 amide bonds. The number of carbonyl (C=O) groups excluding carboxylic acids is 2. The fraction of sp³-hybridized carbons (Fsp3) is 0.368. The number of para-hydroxylation sites is 1. The standard InChI is InChI=1S/C19H23NO3/c1-13-12-19(2,3)20-18-14(13)8-7-9-15(18)16(21)10-5-6-11-17(22)23-4/h6-9,11-12,20H,5,10H2,1-4H3/b11-6+. The lowest BCUT2D eigenvalue weighted by Gasteiger charge is -2.32. The number of ether oxygens (including phenoxy) is 1. The molecule has 1 aromatic carbocycles. The van der Waals surface area contributed by atoms with Gasteiger partial charge in [-0.05, 0) is 38.8 Å². The van der Waals surface area contributed by atoms with E-state index >= 15 is 0 Å². The summed E-state index contributed by atoms with van der Waals surface area (Å²) in [6.45, 7) is 6.23. The zero-order valence-electron chi connectivity index (χ0n) is 14.1. The largest absolute Gasteiger partial charge is 0.466 e. The van der Waals surface area contributed by atoms with Crippen molar-refractivity contribution in [1.29, 1.82) is 0 Å². The highest BCUT2D eigenvalue weighted by atomic mass is 16.5. The third-order valence-electron chi connectivity index (χ3n) is 3.81. The molecular weight excluding hydrogens is 290 g/mol. The van der Waals surface area contributed by atoms with Crippen LogP contribution in [0.4, 0.5) is 5.69 Å². The molecule has 0 fully saturated rings. The maximum atomic E-state index is 12.5. The molecule has 23 heavy (non-hydrogen) atoms. The van der Waals surface area contributed by atoms with Crippen LogP contribution in [0.3, 0.4) is 0 Å². The predicted molar refractivity (Wildman–Crippen MR) is 92.5 cm³/mol. The number of hydrogen-bond donors (Lipinski definition) is 1. The van der Waals surface area contributed by atoms with Gasteiger partial charge >= 0.3 is 5.97 Å². The van der Waals surface area contributed by atoms with E-state index in [0.29, 0.717) is 18.4 Å². The highest BCUT2D eigenvalue weighted by Gasteiger charge is 2.25. The highest BCUT2D eigenvalue weighted by Crippen LogP contribution is 2.36. The molecule has 0 bridgehead atoms. The number of hydrogen-bond acceptors (Lipinski definition) is 4. The van der Waals surface area contributed by atoms with Gasteiger partial charge in [-0.25, -0.2) is 4.79 Å². The van der Waals surface area contributed by atoms with E-state index in [0.717, 1.165) is 11.3 Å². The Hall–Kier alpha value is -2.36. The Bertz CT molecular complexity index is 684. The Morgan fingerprint density at radius 3 is 2.74 bits per heavy atom. The number of methoxy groups -OCH3 is 1. The van der Waals surface area contributed by atoms with E-state index < -0.39 is 5.97 Å². The summed E-state index contributed by atoms with van der Waals surface area (Å²) in [5.74, 6) is -0.340. The molecule has 0 atom stereocenters. The van der Waals surface area contributed by atoms with Gasteiger partial charge in [-0.1, -0.05) is 24.3 Å². The Balaban J connectivity index is 2.17. The number of fused-ring (bicyclic) bond motifs is 1. The number of rotatable bonds is 5. The average molecular weight is 313 g/mol. The van der Waals surface area contributed by atoms with Crippen molar-refractivity contribution in [2.45, 2.75) is 39.2 Å². The summed E-state index contributed by atoms with van der Waals surface area (Å²) in [5, 5.41) is 3.44. The second-order valence-electron chi connectivity index (χ2n) is 6.29. The topological polar surface area (TPSA) is 55.4 Å². The minimum atomic E-state index is -0.404. The molecule has 0 saturated carbocycles. The van der Waals surface area contributed by atoms with Crippen molar-refractivity contribution in [1.82, 2.24) is 0 Å². The maximum absolute atomic E-state index is 12.5. The number of ketones is 1. The Kier molecular flexibility index (Phi) is 5.04. The fourth-order valence-corrected chi connectivity index (χ4v) is 2.82. The van der Waals surface area contributed by atoms with Crippen LogP contribution in [0.5, 0.6) is 0 Å². The molecule has 0 aromatic heterocycles. The smallest absolute Gasteiger partial charge is 0.330 e. The molecule has 1 heterocycles. The third-order valence-corrected chi connectivity index (χ3v) is 3.81. The first kappa shape index (κ1) is 17.0. The van der Waals surface area contributed by atoms with Gasteiger partial charge in [-0.2, -0.15) is 0 Å². The summed E-state index contributed by atoms with van der Waals surface area (Å²) in [7, 11) is 1.33. The average Bonchev–Trinajstić information content (AvgIpc) is 2.49. The molecule has 0 unspecified atom stereocenters. The van der Waals surface area contributed by atoms with Crippen molar-refractivity contribution in [2.24, 2.45) is 0 Å². The molecule has 0 aliphatic carbocycles. The van der Waals surface area contributed by atoms with Gasteiger partial charge in [0, 0.05) is 23.6 Å². The SMILES string of the molecule is COC(=O)/C=C/CCC(=O)c1cccc2c1NC(C)(C)C=C2C. The summed E-state index contributed by atoms with van der Waals surface area (Å²) in [6, 6.07) is 5.79. The van der Waals surface area contributed by atoms with Gasteiger partial charge in [0.25, 0.3) is 0 Å². The number of allylic oxidation sites excluding steroid dienone is 2. The minimum Gasteiger partial charge on any atom is -0.466 e. The molecule has 0 spiro atoms. The fourth-order valence-electron chi connectivity index (χ4n) is 2.82. The van der Waals surface area contributed by atoms with Gasteiger partial charge in [-0.3, -0.25) is 4.79 Å². The zero-order valence-corrected chi connectivity index (χ0v) is 14.1. The quantitative estimate of drug-likeness (QED) is 0.507. The van der Waals surface area contributed by atoms with Crippen LogP contribution in [-0.2, 0) is 9.53 Å². The highest BCUT2D eigenvalue weighted by molar-refractivity contribution is 6.04. The van der Waals surface area contributed by atoms with E-state index in [-0.39, 0.29) is 11.3 Å². The summed E-state index contributed by atoms with van der Waals surface area (Å²) in [6.07, 6.45) is 6.05. The number of carbonyl (C=O) groups is 2. The van der Waals surface area contributed by atoms with Gasteiger partial charge in [-0.15, -0.1) is 0 Å². The summed E-state index contributed by atoms with van der Waals surface area (Å²) >= 11 is 0. The molecular formula is C19H23NO3. The first-order valence-electron chi connectivity index (χ1n) is 7.73.